The fraction of sp³-hybridized carbons (Fsp3) is 0. The standard InChI is InChI=1S/C10H8N2O4/c11-6-8(10(14)12(15)16)9(13)7-4-2-1-3-5-7/h1-6,11,13H. The van der Waals surface area contributed by atoms with E-state index in [0.717, 1.165) is 0 Å². The molecule has 16 heavy (non-hydrogen) atoms. The first-order valence-electron chi connectivity index (χ1n) is 4.25. The third-order valence-electron chi connectivity index (χ3n) is 1.84. The minimum absolute atomic E-state index is 0.246. The topological polar surface area (TPSA) is 104 Å². The molecule has 0 atom stereocenters. The van der Waals surface area contributed by atoms with Gasteiger partial charge in [-0.2, -0.15) is 0 Å². The van der Waals surface area contributed by atoms with Crippen molar-refractivity contribution in [1.29, 1.82) is 5.41 Å². The maximum Gasteiger partial charge on any atom is 0.481 e. The monoisotopic (exact) mass is 220 g/mol. The van der Waals surface area contributed by atoms with Crippen LogP contribution in [0.3, 0.4) is 0 Å². The van der Waals surface area contributed by atoms with Gasteiger partial charge in [-0.15, -0.1) is 0 Å². The summed E-state index contributed by atoms with van der Waals surface area (Å²) in [6.07, 6.45) is 0.466. The van der Waals surface area contributed by atoms with E-state index >= 15 is 0 Å². The van der Waals surface area contributed by atoms with Crippen LogP contribution in [0.15, 0.2) is 35.9 Å². The molecule has 1 amide bonds. The van der Waals surface area contributed by atoms with Crippen molar-refractivity contribution in [3.05, 3.63) is 51.6 Å². The molecule has 0 radical (unpaired) electrons. The fourth-order valence-corrected chi connectivity index (χ4v) is 1.08. The van der Waals surface area contributed by atoms with Gasteiger partial charge in [-0.25, -0.2) is 4.79 Å². The molecule has 82 valence electrons. The van der Waals surface area contributed by atoms with E-state index in [-0.39, 0.29) is 5.56 Å². The van der Waals surface area contributed by atoms with Crippen molar-refractivity contribution in [2.45, 2.75) is 0 Å². The van der Waals surface area contributed by atoms with Crippen molar-refractivity contribution in [3.63, 3.8) is 0 Å². The van der Waals surface area contributed by atoms with Crippen LogP contribution in [0.25, 0.3) is 5.76 Å². The van der Waals surface area contributed by atoms with Crippen molar-refractivity contribution in [3.8, 4) is 0 Å². The molecule has 0 heterocycles. The lowest BCUT2D eigenvalue weighted by Crippen LogP contribution is -2.16. The van der Waals surface area contributed by atoms with Gasteiger partial charge in [-0.3, -0.25) is 10.1 Å². The number of benzene rings is 1. The van der Waals surface area contributed by atoms with E-state index in [2.05, 4.69) is 0 Å². The van der Waals surface area contributed by atoms with Crippen LogP contribution >= 0.6 is 0 Å². The maximum atomic E-state index is 11.0. The van der Waals surface area contributed by atoms with Gasteiger partial charge in [0.15, 0.2) is 5.57 Å². The lowest BCUT2D eigenvalue weighted by molar-refractivity contribution is -0.396. The third kappa shape index (κ3) is 2.30. The molecule has 0 unspecified atom stereocenters. The summed E-state index contributed by atoms with van der Waals surface area (Å²) in [6.45, 7) is 0. The second-order valence-corrected chi connectivity index (χ2v) is 2.83. The molecule has 1 rings (SSSR count). The third-order valence-corrected chi connectivity index (χ3v) is 1.84. The Hall–Kier alpha value is -2.50. The van der Waals surface area contributed by atoms with Crippen molar-refractivity contribution < 1.29 is 14.8 Å². The number of carbonyl (C=O) groups excluding carboxylic acids is 1. The molecule has 1 aromatic rings. The predicted octanol–water partition coefficient (Wildman–Crippen LogP) is 1.41. The van der Waals surface area contributed by atoms with E-state index in [1.807, 2.05) is 0 Å². The lowest BCUT2D eigenvalue weighted by Gasteiger charge is -2.01. The predicted molar refractivity (Wildman–Crippen MR) is 56.8 cm³/mol. The average molecular weight is 220 g/mol. The quantitative estimate of drug-likeness (QED) is 0.264. The highest BCUT2D eigenvalue weighted by molar-refractivity contribution is 6.13. The van der Waals surface area contributed by atoms with Crippen molar-refractivity contribution in [2.75, 3.05) is 0 Å². The van der Waals surface area contributed by atoms with Crippen molar-refractivity contribution in [1.82, 2.24) is 0 Å². The van der Waals surface area contributed by atoms with Crippen LogP contribution < -0.4 is 0 Å². The Morgan fingerprint density at radius 3 is 2.38 bits per heavy atom. The molecule has 0 aliphatic carbocycles. The molecule has 0 aliphatic rings. The Kier molecular flexibility index (Phi) is 3.49. The Bertz CT molecular complexity index is 465. The van der Waals surface area contributed by atoms with Gasteiger partial charge in [-0.1, -0.05) is 30.3 Å². The number of carbonyl (C=O) groups is 1. The largest absolute Gasteiger partial charge is 0.506 e. The number of nitro groups is 1. The summed E-state index contributed by atoms with van der Waals surface area (Å²) in [4.78, 5) is 20.1. The van der Waals surface area contributed by atoms with Gasteiger partial charge >= 0.3 is 5.91 Å². The van der Waals surface area contributed by atoms with E-state index in [4.69, 9.17) is 5.41 Å². The van der Waals surface area contributed by atoms with Gasteiger partial charge in [-0.05, 0) is 0 Å². The smallest absolute Gasteiger partial charge is 0.481 e. The summed E-state index contributed by atoms with van der Waals surface area (Å²) in [7, 11) is 0. The fourth-order valence-electron chi connectivity index (χ4n) is 1.08. The molecule has 6 heteroatoms. The number of aliphatic hydroxyl groups excluding tert-OH is 1. The van der Waals surface area contributed by atoms with Crippen molar-refractivity contribution in [2.24, 2.45) is 0 Å². The van der Waals surface area contributed by atoms with Crippen LogP contribution in [-0.4, -0.2) is 22.2 Å². The van der Waals surface area contributed by atoms with Crippen molar-refractivity contribution >= 4 is 17.9 Å². The first-order valence-corrected chi connectivity index (χ1v) is 4.25. The first kappa shape index (κ1) is 11.6. The van der Waals surface area contributed by atoms with E-state index in [9.17, 15) is 20.0 Å². The molecule has 0 saturated carbocycles. The molecule has 2 N–H and O–H groups in total. The zero-order valence-corrected chi connectivity index (χ0v) is 8.08. The maximum absolute atomic E-state index is 11.0. The first-order chi connectivity index (χ1) is 7.57. The normalized spacial score (nSPS) is 11.5. The van der Waals surface area contributed by atoms with E-state index in [1.165, 1.54) is 12.1 Å². The average Bonchev–Trinajstić information content (AvgIpc) is 2.30. The highest BCUT2D eigenvalue weighted by Crippen LogP contribution is 2.15. The number of hydrogen-bond donors (Lipinski definition) is 2. The highest BCUT2D eigenvalue weighted by Gasteiger charge is 2.24. The summed E-state index contributed by atoms with van der Waals surface area (Å²) < 4.78 is 0. The van der Waals surface area contributed by atoms with Gasteiger partial charge in [0.05, 0.1) is 0 Å². The SMILES string of the molecule is N=CC(C(=O)[N+](=O)[O-])=C(O)c1ccccc1. The minimum atomic E-state index is -1.50. The minimum Gasteiger partial charge on any atom is -0.506 e. The molecule has 0 bridgehead atoms. The number of nitrogens with zero attached hydrogens (tertiary/aromatic N) is 1. The molecule has 0 spiro atoms. The summed E-state index contributed by atoms with van der Waals surface area (Å²) in [5, 5.41) is 26.7. The molecular formula is C10H8N2O4. The van der Waals surface area contributed by atoms with E-state index in [1.54, 1.807) is 18.2 Å². The zero-order chi connectivity index (χ0) is 12.1. The van der Waals surface area contributed by atoms with Gasteiger partial charge in [0, 0.05) is 11.8 Å². The van der Waals surface area contributed by atoms with Crippen LogP contribution in [0.2, 0.25) is 0 Å². The molecule has 0 aromatic heterocycles. The molecule has 6 nitrogen and oxygen atoms in total. The summed E-state index contributed by atoms with van der Waals surface area (Å²) in [5.74, 6) is -2.08. The number of aliphatic hydroxyl groups is 1. The lowest BCUT2D eigenvalue weighted by atomic mass is 10.1. The highest BCUT2D eigenvalue weighted by atomic mass is 16.6. The second kappa shape index (κ2) is 4.83. The molecular weight excluding hydrogens is 212 g/mol. The molecule has 0 saturated heterocycles. The number of amides is 1. The van der Waals surface area contributed by atoms with Crippen LogP contribution in [0, 0.1) is 15.5 Å². The zero-order valence-electron chi connectivity index (χ0n) is 8.08. The summed E-state index contributed by atoms with van der Waals surface area (Å²) in [6, 6.07) is 7.85. The van der Waals surface area contributed by atoms with Gasteiger partial charge < -0.3 is 10.5 Å². The van der Waals surface area contributed by atoms with Crippen LogP contribution in [0.1, 0.15) is 5.56 Å². The van der Waals surface area contributed by atoms with Gasteiger partial charge in [0.25, 0.3) is 0 Å². The summed E-state index contributed by atoms with van der Waals surface area (Å²) in [5.41, 5.74) is -0.396. The number of rotatable bonds is 3. The summed E-state index contributed by atoms with van der Waals surface area (Å²) >= 11 is 0. The molecule has 0 aliphatic heterocycles. The van der Waals surface area contributed by atoms with E-state index < -0.39 is 22.2 Å². The van der Waals surface area contributed by atoms with Crippen LogP contribution in [0.5, 0.6) is 0 Å². The Balaban J connectivity index is 3.25. The Labute approximate surface area is 90.5 Å². The second-order valence-electron chi connectivity index (χ2n) is 2.83. The van der Waals surface area contributed by atoms with Crippen LogP contribution in [0.4, 0.5) is 0 Å². The number of nitrogens with one attached hydrogen (secondary N) is 1. The van der Waals surface area contributed by atoms with Gasteiger partial charge in [0.1, 0.15) is 10.7 Å². The number of hydrogen-bond acceptors (Lipinski definition) is 5. The molecule has 0 fully saturated rings. The molecule has 1 aromatic carbocycles. The van der Waals surface area contributed by atoms with Gasteiger partial charge in [0.2, 0.25) is 0 Å². The Morgan fingerprint density at radius 1 is 1.38 bits per heavy atom. The van der Waals surface area contributed by atoms with E-state index in [0.29, 0.717) is 6.21 Å². The van der Waals surface area contributed by atoms with Crippen LogP contribution in [-0.2, 0) is 4.79 Å². The Morgan fingerprint density at radius 2 is 1.94 bits per heavy atom.